The summed E-state index contributed by atoms with van der Waals surface area (Å²) < 4.78 is 11.4. The van der Waals surface area contributed by atoms with Crippen LogP contribution in [0.3, 0.4) is 0 Å². The van der Waals surface area contributed by atoms with Crippen molar-refractivity contribution in [1.29, 1.82) is 0 Å². The molecule has 7 nitrogen and oxygen atoms in total. The van der Waals surface area contributed by atoms with Gasteiger partial charge in [0.15, 0.2) is 6.10 Å². The highest BCUT2D eigenvalue weighted by atomic mass is 32.1. The van der Waals surface area contributed by atoms with Gasteiger partial charge >= 0.3 is 11.7 Å². The Morgan fingerprint density at radius 2 is 2.04 bits per heavy atom. The van der Waals surface area contributed by atoms with Crippen LogP contribution in [0, 0.1) is 13.8 Å². The smallest absolute Gasteiger partial charge is 0.437 e. The summed E-state index contributed by atoms with van der Waals surface area (Å²) in [5.74, 6) is -1.28. The lowest BCUT2D eigenvalue weighted by molar-refractivity contribution is -0.146. The van der Waals surface area contributed by atoms with E-state index < -0.39 is 17.8 Å². The summed E-state index contributed by atoms with van der Waals surface area (Å²) in [7, 11) is 0. The van der Waals surface area contributed by atoms with Crippen molar-refractivity contribution in [2.75, 3.05) is 0 Å². The zero-order chi connectivity index (χ0) is 20.3. The number of aromatic nitrogens is 2. The molecule has 1 atom stereocenters. The fraction of sp³-hybridized carbons (Fsp3) is 0.300. The van der Waals surface area contributed by atoms with E-state index in [-0.39, 0.29) is 24.6 Å². The third-order valence-corrected chi connectivity index (χ3v) is 5.19. The maximum Gasteiger partial charge on any atom is 0.437 e. The molecule has 3 aromatic rings. The van der Waals surface area contributed by atoms with Crippen LogP contribution in [0.4, 0.5) is 0 Å². The van der Waals surface area contributed by atoms with Crippen LogP contribution in [-0.4, -0.2) is 27.6 Å². The number of carbonyl (C=O) groups is 2. The maximum absolute atomic E-state index is 12.4. The van der Waals surface area contributed by atoms with E-state index >= 15 is 0 Å². The van der Waals surface area contributed by atoms with Gasteiger partial charge in [-0.3, -0.25) is 9.59 Å². The number of esters is 1. The van der Waals surface area contributed by atoms with Crippen LogP contribution in [0.1, 0.15) is 34.8 Å². The van der Waals surface area contributed by atoms with Crippen LogP contribution in [0.25, 0.3) is 10.8 Å². The van der Waals surface area contributed by atoms with Gasteiger partial charge in [0, 0.05) is 5.56 Å². The van der Waals surface area contributed by atoms with Crippen LogP contribution in [0.5, 0.6) is 0 Å². The summed E-state index contributed by atoms with van der Waals surface area (Å²) in [6, 6.07) is 8.97. The molecule has 0 aliphatic heterocycles. The molecule has 0 radical (unpaired) electrons. The summed E-state index contributed by atoms with van der Waals surface area (Å²) in [4.78, 5) is 37.1. The number of ketones is 1. The lowest BCUT2D eigenvalue weighted by Gasteiger charge is -2.13. The molecule has 0 bridgehead atoms. The number of benzene rings is 1. The molecule has 0 fully saturated rings. The summed E-state index contributed by atoms with van der Waals surface area (Å²) in [6.07, 6.45) is -1.01. The van der Waals surface area contributed by atoms with Crippen molar-refractivity contribution < 1.29 is 18.7 Å². The van der Waals surface area contributed by atoms with Crippen LogP contribution < -0.4 is 5.76 Å². The molecule has 0 spiro atoms. The molecule has 0 saturated heterocycles. The van der Waals surface area contributed by atoms with Crippen LogP contribution >= 0.6 is 11.3 Å². The van der Waals surface area contributed by atoms with E-state index in [4.69, 9.17) is 9.15 Å². The van der Waals surface area contributed by atoms with Crippen LogP contribution in [0.15, 0.2) is 44.9 Å². The fourth-order valence-electron chi connectivity index (χ4n) is 2.58. The Morgan fingerprint density at radius 1 is 1.25 bits per heavy atom. The van der Waals surface area contributed by atoms with Gasteiger partial charge in [0.05, 0.1) is 17.8 Å². The quantitative estimate of drug-likeness (QED) is 0.446. The molecular weight excluding hydrogens is 380 g/mol. The number of rotatable bonds is 7. The minimum absolute atomic E-state index is 0.0110. The van der Waals surface area contributed by atoms with Crippen molar-refractivity contribution in [3.63, 3.8) is 0 Å². The highest BCUT2D eigenvalue weighted by Crippen LogP contribution is 2.21. The number of aryl methyl sites for hydroxylation is 3. The monoisotopic (exact) mass is 400 g/mol. The first kappa shape index (κ1) is 19.8. The molecule has 0 saturated carbocycles. The minimum Gasteiger partial charge on any atom is -0.454 e. The molecule has 8 heteroatoms. The summed E-state index contributed by atoms with van der Waals surface area (Å²) in [5.41, 5.74) is 2.58. The van der Waals surface area contributed by atoms with Crippen LogP contribution in [0.2, 0.25) is 0 Å². The molecule has 0 aliphatic carbocycles. The van der Waals surface area contributed by atoms with E-state index in [2.05, 4.69) is 5.10 Å². The van der Waals surface area contributed by atoms with Gasteiger partial charge in [-0.05, 0) is 49.4 Å². The molecule has 2 heterocycles. The number of nitrogens with zero attached hydrogens (tertiary/aromatic N) is 2. The maximum atomic E-state index is 12.4. The number of carbonyl (C=O) groups excluding carboxylic acids is 2. The molecule has 1 aromatic carbocycles. The summed E-state index contributed by atoms with van der Waals surface area (Å²) in [5, 5.41) is 5.92. The number of thiophene rings is 1. The lowest BCUT2D eigenvalue weighted by Crippen LogP contribution is -2.26. The molecule has 0 unspecified atom stereocenters. The van der Waals surface area contributed by atoms with Gasteiger partial charge in [0.1, 0.15) is 0 Å². The van der Waals surface area contributed by atoms with E-state index in [1.165, 1.54) is 18.3 Å². The largest absolute Gasteiger partial charge is 0.454 e. The van der Waals surface area contributed by atoms with Gasteiger partial charge in [-0.2, -0.15) is 4.68 Å². The third kappa shape index (κ3) is 4.45. The Kier molecular flexibility index (Phi) is 5.89. The van der Waals surface area contributed by atoms with Gasteiger partial charge in [-0.25, -0.2) is 4.79 Å². The van der Waals surface area contributed by atoms with E-state index in [9.17, 15) is 14.4 Å². The Hall–Kier alpha value is -3.00. The van der Waals surface area contributed by atoms with E-state index in [0.29, 0.717) is 5.56 Å². The van der Waals surface area contributed by atoms with Gasteiger partial charge in [0.25, 0.3) is 5.89 Å². The molecule has 3 rings (SSSR count). The van der Waals surface area contributed by atoms with Gasteiger partial charge in [-0.15, -0.1) is 16.4 Å². The average molecular weight is 400 g/mol. The fourth-order valence-corrected chi connectivity index (χ4v) is 3.23. The topological polar surface area (TPSA) is 91.4 Å². The summed E-state index contributed by atoms with van der Waals surface area (Å²) >= 11 is 1.40. The van der Waals surface area contributed by atoms with Gasteiger partial charge in [-0.1, -0.05) is 18.2 Å². The zero-order valence-electron chi connectivity index (χ0n) is 15.8. The Morgan fingerprint density at radius 3 is 2.71 bits per heavy atom. The first-order valence-corrected chi connectivity index (χ1v) is 9.66. The molecule has 0 aliphatic rings. The predicted molar refractivity (Wildman–Crippen MR) is 104 cm³/mol. The molecule has 2 aromatic heterocycles. The molecule has 146 valence electrons. The average Bonchev–Trinajstić information content (AvgIpc) is 3.31. The van der Waals surface area contributed by atoms with Crippen LogP contribution in [-0.2, 0) is 16.1 Å². The van der Waals surface area contributed by atoms with Crippen molar-refractivity contribution >= 4 is 23.1 Å². The second kappa shape index (κ2) is 8.35. The molecular formula is C20H20N2O5S. The second-order valence-corrected chi connectivity index (χ2v) is 7.37. The highest BCUT2D eigenvalue weighted by Gasteiger charge is 2.20. The second-order valence-electron chi connectivity index (χ2n) is 6.42. The standard InChI is InChI=1S/C20H20N2O5S/c1-12-6-7-15(11-13(12)2)18(24)14(3)26-17(23)8-9-22-20(25)27-19(21-22)16-5-4-10-28-16/h4-7,10-11,14H,8-9H2,1-3H3/t14-/m0/s1. The first-order chi connectivity index (χ1) is 13.3. The summed E-state index contributed by atoms with van der Waals surface area (Å²) in [6.45, 7) is 5.43. The zero-order valence-corrected chi connectivity index (χ0v) is 16.6. The SMILES string of the molecule is Cc1ccc(C(=O)[C@H](C)OC(=O)CCn2nc(-c3cccs3)oc2=O)cc1C. The Bertz CT molecular complexity index is 1050. The van der Waals surface area contributed by atoms with E-state index in [1.807, 2.05) is 31.4 Å². The van der Waals surface area contributed by atoms with Gasteiger partial charge < -0.3 is 9.15 Å². The van der Waals surface area contributed by atoms with Crippen molar-refractivity contribution in [3.05, 3.63) is 63.0 Å². The number of hydrogen-bond acceptors (Lipinski definition) is 7. The molecule has 0 N–H and O–H groups in total. The van der Waals surface area contributed by atoms with Crippen molar-refractivity contribution in [2.45, 2.75) is 39.8 Å². The molecule has 28 heavy (non-hydrogen) atoms. The molecule has 0 amide bonds. The van der Waals surface area contributed by atoms with E-state index in [1.54, 1.807) is 18.2 Å². The first-order valence-electron chi connectivity index (χ1n) is 8.78. The lowest BCUT2D eigenvalue weighted by atomic mass is 10.0. The highest BCUT2D eigenvalue weighted by molar-refractivity contribution is 7.13. The van der Waals surface area contributed by atoms with Crippen molar-refractivity contribution in [2.24, 2.45) is 0 Å². The van der Waals surface area contributed by atoms with Crippen molar-refractivity contribution in [3.8, 4) is 10.8 Å². The Labute approximate surface area is 165 Å². The Balaban J connectivity index is 1.57. The van der Waals surface area contributed by atoms with E-state index in [0.717, 1.165) is 20.7 Å². The number of hydrogen-bond donors (Lipinski definition) is 0. The van der Waals surface area contributed by atoms with Crippen molar-refractivity contribution in [1.82, 2.24) is 9.78 Å². The number of Topliss-reactive ketones (excluding diaryl/α,β-unsaturated/α-hetero) is 1. The number of ether oxygens (including phenoxy) is 1. The minimum atomic E-state index is -0.912. The van der Waals surface area contributed by atoms with Gasteiger partial charge in [0.2, 0.25) is 5.78 Å². The third-order valence-electron chi connectivity index (χ3n) is 4.33. The normalized spacial score (nSPS) is 12.0. The predicted octanol–water partition coefficient (Wildman–Crippen LogP) is 3.39.